The minimum atomic E-state index is -1.58. The molecule has 0 aromatic heterocycles. The number of nitrogens with one attached hydrogen (secondary N) is 1. The maximum atomic E-state index is 14.3. The molecule has 0 radical (unpaired) electrons. The molecule has 0 spiro atoms. The van der Waals surface area contributed by atoms with Gasteiger partial charge >= 0.3 is 0 Å². The Morgan fingerprint density at radius 3 is 2.60 bits per heavy atom. The van der Waals surface area contributed by atoms with Crippen molar-refractivity contribution in [2.24, 2.45) is 16.3 Å². The second-order valence-corrected chi connectivity index (χ2v) is 8.93. The zero-order valence-electron chi connectivity index (χ0n) is 12.6. The summed E-state index contributed by atoms with van der Waals surface area (Å²) < 4.78 is 13.2. The Balaban J connectivity index is 1.72. The summed E-state index contributed by atoms with van der Waals surface area (Å²) >= 11 is 1.26. The highest BCUT2D eigenvalue weighted by molar-refractivity contribution is 8.16. The Morgan fingerprint density at radius 2 is 2.15 bits per heavy atom. The molecule has 0 aromatic rings. The van der Waals surface area contributed by atoms with Crippen LogP contribution in [0.25, 0.3) is 0 Å². The molecular formula is C15H23FN2OS. The van der Waals surface area contributed by atoms with Crippen molar-refractivity contribution >= 4 is 22.8 Å². The van der Waals surface area contributed by atoms with Crippen molar-refractivity contribution in [2.45, 2.75) is 69.8 Å². The minimum Gasteiger partial charge on any atom is -0.361 e. The lowest BCUT2D eigenvalue weighted by Crippen LogP contribution is -2.47. The van der Waals surface area contributed by atoms with Crippen molar-refractivity contribution in [3.8, 4) is 0 Å². The number of halogens is 1. The van der Waals surface area contributed by atoms with Crippen molar-refractivity contribution in [2.75, 3.05) is 0 Å². The van der Waals surface area contributed by atoms with E-state index in [0.29, 0.717) is 16.6 Å². The highest BCUT2D eigenvalue weighted by Gasteiger charge is 2.55. The molecule has 1 N–H and O–H groups in total. The van der Waals surface area contributed by atoms with Crippen molar-refractivity contribution < 1.29 is 9.18 Å². The van der Waals surface area contributed by atoms with Gasteiger partial charge in [0, 0.05) is 6.04 Å². The predicted molar refractivity (Wildman–Crippen MR) is 80.6 cm³/mol. The summed E-state index contributed by atoms with van der Waals surface area (Å²) in [6, 6.07) is 0.380. The summed E-state index contributed by atoms with van der Waals surface area (Å²) in [6.07, 6.45) is 4.98. The van der Waals surface area contributed by atoms with Crippen LogP contribution in [0.5, 0.6) is 0 Å². The van der Waals surface area contributed by atoms with Gasteiger partial charge < -0.3 is 5.32 Å². The van der Waals surface area contributed by atoms with Gasteiger partial charge in [-0.1, -0.05) is 18.7 Å². The van der Waals surface area contributed by atoms with Crippen LogP contribution in [-0.2, 0) is 4.79 Å². The molecular weight excluding hydrogens is 275 g/mol. The van der Waals surface area contributed by atoms with Gasteiger partial charge in [0.05, 0.1) is 0 Å². The van der Waals surface area contributed by atoms with Gasteiger partial charge in [-0.2, -0.15) is 4.99 Å². The summed E-state index contributed by atoms with van der Waals surface area (Å²) in [5.41, 5.74) is -1.26. The molecule has 2 saturated carbocycles. The van der Waals surface area contributed by atoms with Crippen LogP contribution in [0.3, 0.4) is 0 Å². The summed E-state index contributed by atoms with van der Waals surface area (Å²) in [6.45, 7) is 6.88. The Bertz CT molecular complexity index is 487. The zero-order chi connectivity index (χ0) is 14.8. The van der Waals surface area contributed by atoms with Crippen LogP contribution in [0.4, 0.5) is 4.39 Å². The number of alkyl halides is 1. The molecule has 1 aliphatic heterocycles. The van der Waals surface area contributed by atoms with Crippen LogP contribution in [0, 0.1) is 11.3 Å². The fraction of sp³-hybridized carbons (Fsp3) is 0.867. The average molecular weight is 298 g/mol. The lowest BCUT2D eigenvalue weighted by atomic mass is 9.82. The van der Waals surface area contributed by atoms with Gasteiger partial charge in [-0.25, -0.2) is 4.39 Å². The van der Waals surface area contributed by atoms with Crippen molar-refractivity contribution in [1.82, 2.24) is 5.32 Å². The van der Waals surface area contributed by atoms with Gasteiger partial charge in [-0.3, -0.25) is 4.79 Å². The lowest BCUT2D eigenvalue weighted by Gasteiger charge is -2.34. The van der Waals surface area contributed by atoms with Crippen molar-refractivity contribution in [3.05, 3.63) is 0 Å². The highest BCUT2D eigenvalue weighted by Crippen LogP contribution is 2.54. The number of nitrogens with zero attached hydrogens (tertiary/aromatic N) is 1. The molecule has 1 heterocycles. The monoisotopic (exact) mass is 298 g/mol. The number of hydrogen-bond acceptors (Lipinski definition) is 3. The molecule has 4 atom stereocenters. The molecule has 3 aliphatic rings. The summed E-state index contributed by atoms with van der Waals surface area (Å²) in [5.74, 6) is 0.454. The van der Waals surface area contributed by atoms with Crippen LogP contribution >= 0.6 is 11.8 Å². The van der Waals surface area contributed by atoms with Crippen LogP contribution in [-0.4, -0.2) is 27.5 Å². The number of aliphatic imine (C=N–C) groups is 1. The third kappa shape index (κ3) is 2.00. The van der Waals surface area contributed by atoms with E-state index in [4.69, 9.17) is 0 Å². The minimum absolute atomic E-state index is 0.320. The Labute approximate surface area is 124 Å². The summed E-state index contributed by atoms with van der Waals surface area (Å²) in [5, 5.41) is 4.05. The molecule has 2 bridgehead atoms. The summed E-state index contributed by atoms with van der Waals surface area (Å²) in [4.78, 5) is 16.2. The van der Waals surface area contributed by atoms with Gasteiger partial charge in [0.2, 0.25) is 0 Å². The van der Waals surface area contributed by atoms with Crippen LogP contribution in [0.1, 0.15) is 53.4 Å². The molecule has 3 nitrogen and oxygen atoms in total. The largest absolute Gasteiger partial charge is 0.361 e. The maximum absolute atomic E-state index is 14.3. The van der Waals surface area contributed by atoms with E-state index < -0.39 is 10.4 Å². The fourth-order valence-electron chi connectivity index (χ4n) is 3.81. The Hall–Kier alpha value is -0.580. The number of hydrogen-bond donors (Lipinski definition) is 1. The number of rotatable bonds is 2. The molecule has 1 amide bonds. The maximum Gasteiger partial charge on any atom is 0.267 e. The molecule has 3 rings (SSSR count). The number of carbonyl (C=O) groups is 1. The van der Waals surface area contributed by atoms with Crippen LogP contribution < -0.4 is 5.32 Å². The normalized spacial score (nSPS) is 44.0. The quantitative estimate of drug-likeness (QED) is 0.850. The number of thioether (sulfide) groups is 1. The van der Waals surface area contributed by atoms with E-state index in [0.717, 1.165) is 12.3 Å². The van der Waals surface area contributed by atoms with Gasteiger partial charge in [-0.05, 0) is 57.8 Å². The van der Waals surface area contributed by atoms with E-state index in [2.05, 4.69) is 17.2 Å². The Morgan fingerprint density at radius 1 is 1.45 bits per heavy atom. The predicted octanol–water partition coefficient (Wildman–Crippen LogP) is 3.29. The van der Waals surface area contributed by atoms with Crippen molar-refractivity contribution in [1.29, 1.82) is 0 Å². The number of carbonyl (C=O) groups excluding carboxylic acids is 1. The zero-order valence-corrected chi connectivity index (χ0v) is 13.4. The highest BCUT2D eigenvalue weighted by atomic mass is 32.2. The lowest BCUT2D eigenvalue weighted by molar-refractivity contribution is -0.122. The first kappa shape index (κ1) is 14.4. The average Bonchev–Trinajstić information content (AvgIpc) is 2.90. The SMILES string of the molecule is CC(C)(F)C1(C)SC(N[C@H]2C[C@@H]3CC[C@@]2(C)C3)=NC1=O. The summed E-state index contributed by atoms with van der Waals surface area (Å²) in [7, 11) is 0. The van der Waals surface area contributed by atoms with E-state index in [1.54, 1.807) is 6.92 Å². The van der Waals surface area contributed by atoms with Gasteiger partial charge in [-0.15, -0.1) is 0 Å². The number of fused-ring (bicyclic) bond motifs is 2. The van der Waals surface area contributed by atoms with Crippen molar-refractivity contribution in [3.63, 3.8) is 0 Å². The van der Waals surface area contributed by atoms with E-state index >= 15 is 0 Å². The first-order valence-corrected chi connectivity index (χ1v) is 8.23. The molecule has 112 valence electrons. The first-order chi connectivity index (χ1) is 9.14. The first-order valence-electron chi connectivity index (χ1n) is 7.42. The smallest absolute Gasteiger partial charge is 0.267 e. The second kappa shape index (κ2) is 4.21. The molecule has 2 aliphatic carbocycles. The topological polar surface area (TPSA) is 41.5 Å². The fourth-order valence-corrected chi connectivity index (χ4v) is 4.90. The Kier molecular flexibility index (Phi) is 3.03. The van der Waals surface area contributed by atoms with Gasteiger partial charge in [0.25, 0.3) is 5.91 Å². The third-order valence-corrected chi connectivity index (χ3v) is 7.10. The van der Waals surface area contributed by atoms with E-state index in [-0.39, 0.29) is 5.91 Å². The molecule has 20 heavy (non-hydrogen) atoms. The molecule has 1 unspecified atom stereocenters. The molecule has 5 heteroatoms. The standard InChI is InChI=1S/C15H23FN2OS/c1-13(2,16)15(4)11(19)18-12(20-15)17-10-7-9-5-6-14(10,3)8-9/h9-10H,5-8H2,1-4H3,(H,17,18,19)/t9-,10-,14-,15?/m0/s1. The molecule has 0 saturated heterocycles. The van der Waals surface area contributed by atoms with E-state index in [1.807, 2.05) is 0 Å². The third-order valence-electron chi connectivity index (χ3n) is 5.63. The molecule has 2 fully saturated rings. The second-order valence-electron chi connectivity index (χ2n) is 7.53. The van der Waals surface area contributed by atoms with Gasteiger partial charge in [0.15, 0.2) is 5.17 Å². The molecule has 0 aromatic carbocycles. The van der Waals surface area contributed by atoms with Gasteiger partial charge in [0.1, 0.15) is 10.4 Å². The number of amides is 1. The van der Waals surface area contributed by atoms with Crippen LogP contribution in [0.15, 0.2) is 4.99 Å². The number of amidine groups is 1. The van der Waals surface area contributed by atoms with Crippen LogP contribution in [0.2, 0.25) is 0 Å². The van der Waals surface area contributed by atoms with E-state index in [1.165, 1.54) is 44.9 Å². The van der Waals surface area contributed by atoms with E-state index in [9.17, 15) is 9.18 Å².